The van der Waals surface area contributed by atoms with Gasteiger partial charge < -0.3 is 29.1 Å². The summed E-state index contributed by atoms with van der Waals surface area (Å²) in [6, 6.07) is 8.40. The molecule has 0 aliphatic carbocycles. The average Bonchev–Trinajstić information content (AvgIpc) is 2.61. The summed E-state index contributed by atoms with van der Waals surface area (Å²) < 4.78 is 2.27. The number of nitrogens with zero attached hydrogens (tertiary/aromatic N) is 2. The highest BCUT2D eigenvalue weighted by Crippen LogP contribution is 2.27. The molecule has 4 heteroatoms. The van der Waals surface area contributed by atoms with Crippen molar-refractivity contribution in [1.29, 1.82) is 0 Å². The molecular formula is C12H15IN2O. The van der Waals surface area contributed by atoms with E-state index in [1.165, 1.54) is 11.3 Å². The number of hydrogen-bond acceptors (Lipinski definition) is 2. The van der Waals surface area contributed by atoms with Gasteiger partial charge in [0.05, 0.1) is 13.6 Å². The normalized spacial score (nSPS) is 22.6. The van der Waals surface area contributed by atoms with Crippen molar-refractivity contribution in [2.24, 2.45) is 0 Å². The Morgan fingerprint density at radius 2 is 2.12 bits per heavy atom. The van der Waals surface area contributed by atoms with Crippen LogP contribution in [0.3, 0.4) is 0 Å². The van der Waals surface area contributed by atoms with E-state index in [9.17, 15) is 5.11 Å². The summed E-state index contributed by atoms with van der Waals surface area (Å²) in [4.78, 5) is 2.12. The number of benzene rings is 1. The fraction of sp³-hybridized carbons (Fsp3) is 0.417. The van der Waals surface area contributed by atoms with Gasteiger partial charge in [-0.2, -0.15) is 0 Å². The SMILES string of the molecule is CN1C2=[N+](CC[C@H]2O)Cc2ccccc21.[I-]. The summed E-state index contributed by atoms with van der Waals surface area (Å²) in [5.41, 5.74) is 2.57. The van der Waals surface area contributed by atoms with Crippen LogP contribution in [0.4, 0.5) is 5.69 Å². The molecule has 0 aromatic heterocycles. The quantitative estimate of drug-likeness (QED) is 0.432. The maximum absolute atomic E-state index is 9.90. The molecule has 1 N–H and O–H groups in total. The lowest BCUT2D eigenvalue weighted by molar-refractivity contribution is -0.538. The van der Waals surface area contributed by atoms with E-state index in [4.69, 9.17) is 0 Å². The summed E-state index contributed by atoms with van der Waals surface area (Å²) in [6.07, 6.45) is 0.566. The van der Waals surface area contributed by atoms with Crippen molar-refractivity contribution in [2.75, 3.05) is 18.5 Å². The van der Waals surface area contributed by atoms with Gasteiger partial charge in [0.2, 0.25) is 0 Å². The van der Waals surface area contributed by atoms with Gasteiger partial charge in [0.1, 0.15) is 12.2 Å². The van der Waals surface area contributed by atoms with Gasteiger partial charge in [-0.15, -0.1) is 0 Å². The Kier molecular flexibility index (Phi) is 3.21. The van der Waals surface area contributed by atoms with Gasteiger partial charge in [-0.1, -0.05) is 18.2 Å². The number of likely N-dealkylation sites (N-methyl/N-ethyl adjacent to an activating group) is 1. The number of para-hydroxylation sites is 1. The van der Waals surface area contributed by atoms with Gasteiger partial charge in [-0.3, -0.25) is 4.58 Å². The van der Waals surface area contributed by atoms with E-state index in [0.717, 1.165) is 25.3 Å². The standard InChI is InChI=1S/C12H15N2O.HI/c1-13-10-5-3-2-4-9(10)8-14-7-6-11(15)12(13)14;/h2-5,11,15H,6-8H2,1H3;1H/q+1;/p-1/t11-;/m1./s1. The van der Waals surface area contributed by atoms with Crippen LogP contribution in [0.5, 0.6) is 0 Å². The van der Waals surface area contributed by atoms with E-state index >= 15 is 0 Å². The Morgan fingerprint density at radius 1 is 1.38 bits per heavy atom. The summed E-state index contributed by atoms with van der Waals surface area (Å²) in [5, 5.41) is 9.90. The van der Waals surface area contributed by atoms with Crippen LogP contribution in [-0.4, -0.2) is 35.2 Å². The van der Waals surface area contributed by atoms with E-state index in [0.29, 0.717) is 0 Å². The van der Waals surface area contributed by atoms with Crippen LogP contribution in [0.1, 0.15) is 12.0 Å². The molecule has 16 heavy (non-hydrogen) atoms. The Morgan fingerprint density at radius 3 is 2.94 bits per heavy atom. The van der Waals surface area contributed by atoms with E-state index in [1.54, 1.807) is 0 Å². The highest BCUT2D eigenvalue weighted by molar-refractivity contribution is 5.98. The van der Waals surface area contributed by atoms with Gasteiger partial charge in [-0.25, -0.2) is 4.90 Å². The fourth-order valence-electron chi connectivity index (χ4n) is 2.63. The molecule has 0 bridgehead atoms. The Labute approximate surface area is 112 Å². The maximum Gasteiger partial charge on any atom is 0.281 e. The zero-order valence-electron chi connectivity index (χ0n) is 9.23. The molecule has 1 aromatic rings. The molecule has 0 fully saturated rings. The van der Waals surface area contributed by atoms with E-state index < -0.39 is 0 Å². The van der Waals surface area contributed by atoms with Gasteiger partial charge >= 0.3 is 0 Å². The first-order valence-corrected chi connectivity index (χ1v) is 5.39. The predicted octanol–water partition coefficient (Wildman–Crippen LogP) is -2.18. The van der Waals surface area contributed by atoms with Crippen LogP contribution in [0.2, 0.25) is 0 Å². The number of fused-ring (bicyclic) bond motifs is 1. The minimum Gasteiger partial charge on any atom is -1.00 e. The van der Waals surface area contributed by atoms with E-state index in [1.807, 2.05) is 13.1 Å². The van der Waals surface area contributed by atoms with Crippen molar-refractivity contribution in [2.45, 2.75) is 19.1 Å². The van der Waals surface area contributed by atoms with Crippen molar-refractivity contribution in [3.63, 3.8) is 0 Å². The first kappa shape index (κ1) is 11.9. The largest absolute Gasteiger partial charge is 1.00 e. The third kappa shape index (κ3) is 1.64. The third-order valence-corrected chi connectivity index (χ3v) is 3.35. The van der Waals surface area contributed by atoms with Crippen LogP contribution in [0, 0.1) is 0 Å². The number of aliphatic hydroxyl groups is 1. The predicted molar refractivity (Wildman–Crippen MR) is 59.3 cm³/mol. The van der Waals surface area contributed by atoms with Gasteiger partial charge in [0.25, 0.3) is 5.84 Å². The molecule has 1 atom stereocenters. The molecule has 0 saturated carbocycles. The van der Waals surface area contributed by atoms with Crippen LogP contribution < -0.4 is 28.9 Å². The number of halogens is 1. The Balaban J connectivity index is 0.000000963. The van der Waals surface area contributed by atoms with Crippen LogP contribution in [0.15, 0.2) is 24.3 Å². The van der Waals surface area contributed by atoms with Gasteiger partial charge in [-0.05, 0) is 6.07 Å². The molecule has 3 rings (SSSR count). The summed E-state index contributed by atoms with van der Waals surface area (Å²) in [5.74, 6) is 1.06. The fourth-order valence-corrected chi connectivity index (χ4v) is 2.63. The molecule has 86 valence electrons. The highest BCUT2D eigenvalue weighted by atomic mass is 127. The molecule has 2 heterocycles. The van der Waals surface area contributed by atoms with Crippen molar-refractivity contribution in [1.82, 2.24) is 0 Å². The van der Waals surface area contributed by atoms with E-state index in [-0.39, 0.29) is 30.1 Å². The number of amidine groups is 1. The lowest BCUT2D eigenvalue weighted by Crippen LogP contribution is -3.00. The van der Waals surface area contributed by atoms with E-state index in [2.05, 4.69) is 27.7 Å². The first-order valence-electron chi connectivity index (χ1n) is 5.39. The number of aliphatic hydroxyl groups excluding tert-OH is 1. The first-order chi connectivity index (χ1) is 7.27. The molecule has 0 saturated heterocycles. The summed E-state index contributed by atoms with van der Waals surface area (Å²) in [7, 11) is 2.04. The van der Waals surface area contributed by atoms with Crippen LogP contribution >= 0.6 is 0 Å². The molecular weight excluding hydrogens is 315 g/mol. The maximum atomic E-state index is 9.90. The van der Waals surface area contributed by atoms with Crippen LogP contribution in [0.25, 0.3) is 0 Å². The van der Waals surface area contributed by atoms with Crippen molar-refractivity contribution in [3.8, 4) is 0 Å². The third-order valence-electron chi connectivity index (χ3n) is 3.35. The monoisotopic (exact) mass is 330 g/mol. The van der Waals surface area contributed by atoms with Crippen molar-refractivity contribution < 1.29 is 33.7 Å². The second kappa shape index (κ2) is 4.33. The zero-order chi connectivity index (χ0) is 10.4. The molecule has 3 nitrogen and oxygen atoms in total. The minimum absolute atomic E-state index is 0. The second-order valence-electron chi connectivity index (χ2n) is 4.27. The summed E-state index contributed by atoms with van der Waals surface area (Å²) >= 11 is 0. The smallest absolute Gasteiger partial charge is 0.281 e. The molecule has 0 radical (unpaired) electrons. The molecule has 0 amide bonds. The molecule has 1 aromatic carbocycles. The molecule has 0 unspecified atom stereocenters. The van der Waals surface area contributed by atoms with Crippen LogP contribution in [-0.2, 0) is 6.54 Å². The molecule has 0 spiro atoms. The van der Waals surface area contributed by atoms with Gasteiger partial charge in [0.15, 0.2) is 6.10 Å². The van der Waals surface area contributed by atoms with Crippen molar-refractivity contribution in [3.05, 3.63) is 29.8 Å². The number of rotatable bonds is 0. The Bertz CT molecular complexity index is 444. The topological polar surface area (TPSA) is 26.5 Å². The van der Waals surface area contributed by atoms with Crippen molar-refractivity contribution >= 4 is 11.5 Å². The second-order valence-corrected chi connectivity index (χ2v) is 4.27. The summed E-state index contributed by atoms with van der Waals surface area (Å²) in [6.45, 7) is 1.90. The number of anilines is 1. The zero-order valence-corrected chi connectivity index (χ0v) is 11.4. The lowest BCUT2D eigenvalue weighted by atomic mass is 10.1. The minimum atomic E-state index is -0.289. The molecule has 2 aliphatic rings. The number of hydrogen-bond donors (Lipinski definition) is 1. The average molecular weight is 330 g/mol. The van der Waals surface area contributed by atoms with Gasteiger partial charge in [0, 0.05) is 12.0 Å². The molecule has 2 aliphatic heterocycles. The highest BCUT2D eigenvalue weighted by Gasteiger charge is 2.38. The lowest BCUT2D eigenvalue weighted by Gasteiger charge is -2.23. The Hall–Kier alpha value is -0.620.